The Morgan fingerprint density at radius 2 is 1.41 bits per heavy atom. The van der Waals surface area contributed by atoms with Crippen LogP contribution in [0.1, 0.15) is 106 Å². The molecule has 14 heteroatoms. The van der Waals surface area contributed by atoms with E-state index in [1.807, 2.05) is 0 Å². The maximum absolute atomic E-state index is 13.9. The summed E-state index contributed by atoms with van der Waals surface area (Å²) in [7, 11) is 0. The molecule has 0 radical (unpaired) electrons. The largest absolute Gasteiger partial charge is 0.481 e. The summed E-state index contributed by atoms with van der Waals surface area (Å²) in [6, 6.07) is 0. The van der Waals surface area contributed by atoms with Crippen LogP contribution in [0.15, 0.2) is 11.6 Å². The molecule has 0 aromatic rings. The van der Waals surface area contributed by atoms with Gasteiger partial charge in [-0.3, -0.25) is 9.59 Å². The molecule has 7 rings (SSSR count). The molecular formula is C42H66O14. The Hall–Kier alpha value is -1.72. The quantitative estimate of drug-likeness (QED) is 0.137. The molecule has 8 N–H and O–H groups in total. The Labute approximate surface area is 329 Å². The lowest BCUT2D eigenvalue weighted by molar-refractivity contribution is -0.364. The number of carboxylic acids is 2. The molecule has 2 aliphatic heterocycles. The standard InChI is InChI=1S/C42H66O14/c1-19-10-15-41(36(49)50)16-17-42(37(51)52)22(27(41)20(19)2)8-9-25-39(6)13-12-26(38(4,5)24(39)11-14-40(25,42)7)55-34-32(48)30(46)33(21(3)53-34)56-35-31(47)29(45)28(44)23(18-43)54-35/h8,19-21,23-35,43-48H,9-18H2,1-7H3,(H,49,50)(H,51,52)/t19-,20+,21+,23-,24+,25-,26+,27-,28-,29+,30+,31-,32-,33+,34+,35+,39+,40-,41+,42-/m1/s1. The molecule has 14 nitrogen and oxygen atoms in total. The first-order valence-corrected chi connectivity index (χ1v) is 20.9. The van der Waals surface area contributed by atoms with Gasteiger partial charge in [0.15, 0.2) is 12.6 Å². The normalized spacial score (nSPS) is 54.1. The Kier molecular flexibility index (Phi) is 11.0. The highest BCUT2D eigenvalue weighted by Crippen LogP contribution is 2.76. The fourth-order valence-corrected chi connectivity index (χ4v) is 14.0. The van der Waals surface area contributed by atoms with E-state index < -0.39 is 102 Å². The first-order chi connectivity index (χ1) is 26.1. The minimum Gasteiger partial charge on any atom is -0.481 e. The molecule has 6 fully saturated rings. The Morgan fingerprint density at radius 1 is 0.750 bits per heavy atom. The number of hydrogen-bond acceptors (Lipinski definition) is 12. The van der Waals surface area contributed by atoms with Gasteiger partial charge in [0.25, 0.3) is 0 Å². The first kappa shape index (κ1) is 42.4. The van der Waals surface area contributed by atoms with E-state index in [1.165, 1.54) is 0 Å². The van der Waals surface area contributed by atoms with Crippen LogP contribution < -0.4 is 0 Å². The zero-order chi connectivity index (χ0) is 41.1. The maximum atomic E-state index is 13.9. The zero-order valence-corrected chi connectivity index (χ0v) is 33.9. The highest BCUT2D eigenvalue weighted by atomic mass is 16.7. The van der Waals surface area contributed by atoms with Gasteiger partial charge in [0.05, 0.1) is 29.6 Å². The van der Waals surface area contributed by atoms with Crippen molar-refractivity contribution in [1.29, 1.82) is 0 Å². The van der Waals surface area contributed by atoms with E-state index in [1.54, 1.807) is 6.92 Å². The third-order valence-electron chi connectivity index (χ3n) is 17.4. The molecule has 0 unspecified atom stereocenters. The second-order valence-electron chi connectivity index (χ2n) is 20.0. The predicted molar refractivity (Wildman–Crippen MR) is 198 cm³/mol. The molecule has 56 heavy (non-hydrogen) atoms. The van der Waals surface area contributed by atoms with Crippen molar-refractivity contribution in [2.24, 2.45) is 56.7 Å². The molecule has 7 aliphatic rings. The molecule has 0 amide bonds. The lowest BCUT2D eigenvalue weighted by Gasteiger charge is -2.70. The summed E-state index contributed by atoms with van der Waals surface area (Å²) in [6.45, 7) is 14.1. The van der Waals surface area contributed by atoms with Crippen LogP contribution in [0.25, 0.3) is 0 Å². The van der Waals surface area contributed by atoms with Crippen molar-refractivity contribution in [3.05, 3.63) is 11.6 Å². The first-order valence-electron chi connectivity index (χ1n) is 20.9. The van der Waals surface area contributed by atoms with E-state index in [-0.39, 0.29) is 35.2 Å². The van der Waals surface area contributed by atoms with Gasteiger partial charge in [0.1, 0.15) is 42.7 Å². The van der Waals surface area contributed by atoms with E-state index in [9.17, 15) is 50.4 Å². The minimum absolute atomic E-state index is 0.0289. The van der Waals surface area contributed by atoms with Gasteiger partial charge in [0.2, 0.25) is 0 Å². The molecule has 0 bridgehead atoms. The number of carboxylic acid groups (broad SMARTS) is 2. The van der Waals surface area contributed by atoms with Crippen LogP contribution in [-0.4, -0.2) is 127 Å². The van der Waals surface area contributed by atoms with Gasteiger partial charge in [-0.05, 0) is 111 Å². The molecule has 4 saturated carbocycles. The molecule has 5 aliphatic carbocycles. The number of aliphatic hydroxyl groups is 6. The molecule has 0 aromatic heterocycles. The SMILES string of the molecule is C[C@H]1[C@H](C)CC[C@]2(C(=O)O)CC[C@]3(C(=O)O)C(=CC[C@@H]4[C@@]5(C)CC[C@H](O[C@@H]6O[C@@H](C)[C@H](O[C@@H]7O[C@H](CO)[C@@H](O)[C@H](O)[C@H]7O)[C@@H](O)[C@H]6O)C(C)(C)[C@@H]5CC[C@]43C)[C@@H]12. The summed E-state index contributed by atoms with van der Waals surface area (Å²) in [4.78, 5) is 27.0. The summed E-state index contributed by atoms with van der Waals surface area (Å²) in [5, 5.41) is 85.2. The highest BCUT2D eigenvalue weighted by molar-refractivity contribution is 5.84. The van der Waals surface area contributed by atoms with Gasteiger partial charge >= 0.3 is 11.9 Å². The second-order valence-corrected chi connectivity index (χ2v) is 20.0. The maximum Gasteiger partial charge on any atom is 0.314 e. The number of rotatable bonds is 7. The average molecular weight is 795 g/mol. The van der Waals surface area contributed by atoms with Crippen molar-refractivity contribution in [2.45, 2.75) is 174 Å². The number of ether oxygens (including phenoxy) is 4. The molecule has 318 valence electrons. The summed E-state index contributed by atoms with van der Waals surface area (Å²) >= 11 is 0. The zero-order valence-electron chi connectivity index (χ0n) is 33.9. The van der Waals surface area contributed by atoms with Gasteiger partial charge in [-0.2, -0.15) is 0 Å². The predicted octanol–water partition coefficient (Wildman–Crippen LogP) is 2.83. The molecule has 2 saturated heterocycles. The minimum atomic E-state index is -1.69. The molecular weight excluding hydrogens is 728 g/mol. The van der Waals surface area contributed by atoms with Crippen molar-refractivity contribution in [2.75, 3.05) is 6.61 Å². The highest BCUT2D eigenvalue weighted by Gasteiger charge is 2.73. The van der Waals surface area contributed by atoms with Crippen LogP contribution in [0.2, 0.25) is 0 Å². The number of aliphatic hydroxyl groups excluding tert-OH is 6. The third kappa shape index (κ3) is 5.85. The van der Waals surface area contributed by atoms with E-state index in [4.69, 9.17) is 18.9 Å². The summed E-state index contributed by atoms with van der Waals surface area (Å²) in [6.07, 6.45) is -6.76. The molecule has 0 aromatic carbocycles. The van der Waals surface area contributed by atoms with Crippen molar-refractivity contribution in [1.82, 2.24) is 0 Å². The lowest BCUT2D eigenvalue weighted by Crippen LogP contribution is -2.68. The average Bonchev–Trinajstić information content (AvgIpc) is 3.14. The van der Waals surface area contributed by atoms with E-state index >= 15 is 0 Å². The van der Waals surface area contributed by atoms with E-state index in [0.717, 1.165) is 24.8 Å². The summed E-state index contributed by atoms with van der Waals surface area (Å²) < 4.78 is 24.0. The van der Waals surface area contributed by atoms with Gasteiger partial charge < -0.3 is 59.8 Å². The Morgan fingerprint density at radius 3 is 2.05 bits per heavy atom. The lowest BCUT2D eigenvalue weighted by atomic mass is 9.33. The third-order valence-corrected chi connectivity index (χ3v) is 17.4. The number of allylic oxidation sites excluding steroid dienone is 1. The molecule has 20 atom stereocenters. The number of fused-ring (bicyclic) bond motifs is 7. The van der Waals surface area contributed by atoms with Gasteiger partial charge in [-0.1, -0.05) is 53.2 Å². The second kappa shape index (κ2) is 14.5. The fourth-order valence-electron chi connectivity index (χ4n) is 14.0. The van der Waals surface area contributed by atoms with E-state index in [2.05, 4.69) is 47.6 Å². The Bertz CT molecular complexity index is 1550. The van der Waals surface area contributed by atoms with Crippen molar-refractivity contribution < 1.29 is 69.4 Å². The van der Waals surface area contributed by atoms with Gasteiger partial charge in [-0.15, -0.1) is 0 Å². The van der Waals surface area contributed by atoms with Crippen LogP contribution in [0.4, 0.5) is 0 Å². The fraction of sp³-hybridized carbons (Fsp3) is 0.905. The Balaban J connectivity index is 1.11. The summed E-state index contributed by atoms with van der Waals surface area (Å²) in [5.74, 6) is -1.45. The van der Waals surface area contributed by atoms with Crippen LogP contribution in [0, 0.1) is 56.7 Å². The summed E-state index contributed by atoms with van der Waals surface area (Å²) in [5.41, 5.74) is -2.55. The van der Waals surface area contributed by atoms with E-state index in [0.29, 0.717) is 44.4 Å². The topological polar surface area (TPSA) is 233 Å². The van der Waals surface area contributed by atoms with Crippen LogP contribution >= 0.6 is 0 Å². The molecule has 2 heterocycles. The van der Waals surface area contributed by atoms with Crippen molar-refractivity contribution >= 4 is 11.9 Å². The van der Waals surface area contributed by atoms with Crippen molar-refractivity contribution in [3.8, 4) is 0 Å². The van der Waals surface area contributed by atoms with Crippen molar-refractivity contribution in [3.63, 3.8) is 0 Å². The van der Waals surface area contributed by atoms with Crippen LogP contribution in [-0.2, 0) is 28.5 Å². The molecule has 0 spiro atoms. The number of carbonyl (C=O) groups is 2. The number of aliphatic carboxylic acids is 2. The van der Waals surface area contributed by atoms with Gasteiger partial charge in [0, 0.05) is 0 Å². The van der Waals surface area contributed by atoms with Crippen LogP contribution in [0.5, 0.6) is 0 Å². The van der Waals surface area contributed by atoms with Gasteiger partial charge in [-0.25, -0.2) is 0 Å². The number of hydrogen-bond donors (Lipinski definition) is 8. The smallest absolute Gasteiger partial charge is 0.314 e. The van der Waals surface area contributed by atoms with Crippen LogP contribution in [0.3, 0.4) is 0 Å². The monoisotopic (exact) mass is 794 g/mol.